The number of nitro groups is 1. The quantitative estimate of drug-likeness (QED) is 0.660. The van der Waals surface area contributed by atoms with Crippen LogP contribution in [0.1, 0.15) is 10.4 Å². The van der Waals surface area contributed by atoms with Crippen LogP contribution in [0.3, 0.4) is 0 Å². The predicted molar refractivity (Wildman–Crippen MR) is 63.3 cm³/mol. The summed E-state index contributed by atoms with van der Waals surface area (Å²) < 4.78 is 0. The Balaban J connectivity index is 2.39. The van der Waals surface area contributed by atoms with Crippen molar-refractivity contribution in [1.82, 2.24) is 4.98 Å². The monoisotopic (exact) mass is 244 g/mol. The fourth-order valence-corrected chi connectivity index (χ4v) is 1.50. The predicted octanol–water partition coefficient (Wildman–Crippen LogP) is 2.36. The van der Waals surface area contributed by atoms with Crippen molar-refractivity contribution < 1.29 is 14.8 Å². The van der Waals surface area contributed by atoms with Crippen molar-refractivity contribution in [2.24, 2.45) is 0 Å². The van der Waals surface area contributed by atoms with Crippen molar-refractivity contribution in [3.8, 4) is 11.1 Å². The maximum atomic E-state index is 10.8. The standard InChI is InChI=1S/C12H8N2O4/c15-12(16)9-3-1-2-8(6-9)10-4-5-11(13-7-10)14(17)18/h1-7H,(H,15,16). The van der Waals surface area contributed by atoms with E-state index in [1.807, 2.05) is 0 Å². The Labute approximate surface area is 102 Å². The number of hydrogen-bond acceptors (Lipinski definition) is 4. The minimum absolute atomic E-state index is 0.158. The summed E-state index contributed by atoms with van der Waals surface area (Å²) in [5.74, 6) is -1.26. The number of benzene rings is 1. The molecule has 0 saturated carbocycles. The largest absolute Gasteiger partial charge is 0.478 e. The molecule has 1 heterocycles. The lowest BCUT2D eigenvalue weighted by molar-refractivity contribution is -0.389. The van der Waals surface area contributed by atoms with Gasteiger partial charge in [0.25, 0.3) is 0 Å². The van der Waals surface area contributed by atoms with Crippen LogP contribution in [0.5, 0.6) is 0 Å². The molecular weight excluding hydrogens is 236 g/mol. The van der Waals surface area contributed by atoms with Gasteiger partial charge in [-0.3, -0.25) is 0 Å². The van der Waals surface area contributed by atoms with E-state index in [9.17, 15) is 14.9 Å². The zero-order chi connectivity index (χ0) is 13.1. The van der Waals surface area contributed by atoms with Crippen LogP contribution in [0.2, 0.25) is 0 Å². The molecule has 1 aromatic carbocycles. The fourth-order valence-electron chi connectivity index (χ4n) is 1.50. The van der Waals surface area contributed by atoms with E-state index in [1.54, 1.807) is 12.1 Å². The lowest BCUT2D eigenvalue weighted by atomic mass is 10.0. The first-order valence-electron chi connectivity index (χ1n) is 5.02. The first-order valence-corrected chi connectivity index (χ1v) is 5.02. The molecule has 0 radical (unpaired) electrons. The third kappa shape index (κ3) is 2.32. The number of rotatable bonds is 3. The normalized spacial score (nSPS) is 10.0. The van der Waals surface area contributed by atoms with Gasteiger partial charge in [0.2, 0.25) is 0 Å². The topological polar surface area (TPSA) is 93.3 Å². The van der Waals surface area contributed by atoms with Gasteiger partial charge in [-0.15, -0.1) is 0 Å². The molecule has 0 saturated heterocycles. The van der Waals surface area contributed by atoms with Crippen molar-refractivity contribution in [2.75, 3.05) is 0 Å². The van der Waals surface area contributed by atoms with Crippen LogP contribution >= 0.6 is 0 Å². The molecule has 0 spiro atoms. The summed E-state index contributed by atoms with van der Waals surface area (Å²) in [6, 6.07) is 9.11. The summed E-state index contributed by atoms with van der Waals surface area (Å²) in [5.41, 5.74) is 1.44. The van der Waals surface area contributed by atoms with Gasteiger partial charge < -0.3 is 15.2 Å². The third-order valence-electron chi connectivity index (χ3n) is 2.38. The molecular formula is C12H8N2O4. The highest BCUT2D eigenvalue weighted by Gasteiger charge is 2.09. The van der Waals surface area contributed by atoms with Crippen LogP contribution in [0.15, 0.2) is 42.6 Å². The Morgan fingerprint density at radius 1 is 1.22 bits per heavy atom. The number of hydrogen-bond donors (Lipinski definition) is 1. The average molecular weight is 244 g/mol. The van der Waals surface area contributed by atoms with Crippen molar-refractivity contribution in [3.63, 3.8) is 0 Å². The highest BCUT2D eigenvalue weighted by atomic mass is 16.6. The van der Waals surface area contributed by atoms with E-state index in [0.29, 0.717) is 11.1 Å². The van der Waals surface area contributed by atoms with E-state index >= 15 is 0 Å². The Kier molecular flexibility index (Phi) is 3.01. The van der Waals surface area contributed by atoms with Gasteiger partial charge in [0, 0.05) is 11.6 Å². The van der Waals surface area contributed by atoms with Crippen LogP contribution in [0.25, 0.3) is 11.1 Å². The van der Waals surface area contributed by atoms with E-state index in [0.717, 1.165) is 0 Å². The Morgan fingerprint density at radius 3 is 2.56 bits per heavy atom. The van der Waals surface area contributed by atoms with E-state index in [1.165, 1.54) is 30.5 Å². The third-order valence-corrected chi connectivity index (χ3v) is 2.38. The molecule has 2 aromatic rings. The van der Waals surface area contributed by atoms with Gasteiger partial charge in [0.1, 0.15) is 6.20 Å². The first kappa shape index (κ1) is 11.7. The maximum Gasteiger partial charge on any atom is 0.363 e. The maximum absolute atomic E-state index is 10.8. The molecule has 90 valence electrons. The minimum atomic E-state index is -1.02. The number of pyridine rings is 1. The second-order valence-corrected chi connectivity index (χ2v) is 3.55. The van der Waals surface area contributed by atoms with E-state index in [-0.39, 0.29) is 11.4 Å². The van der Waals surface area contributed by atoms with Gasteiger partial charge in [0.05, 0.1) is 5.56 Å². The van der Waals surface area contributed by atoms with Gasteiger partial charge in [-0.25, -0.2) is 4.79 Å². The second-order valence-electron chi connectivity index (χ2n) is 3.55. The minimum Gasteiger partial charge on any atom is -0.478 e. The van der Waals surface area contributed by atoms with Crippen molar-refractivity contribution in [2.45, 2.75) is 0 Å². The molecule has 0 bridgehead atoms. The molecule has 0 unspecified atom stereocenters. The number of aromatic nitrogens is 1. The van der Waals surface area contributed by atoms with Gasteiger partial charge >= 0.3 is 11.8 Å². The van der Waals surface area contributed by atoms with Crippen molar-refractivity contribution in [3.05, 3.63) is 58.3 Å². The summed E-state index contributed by atoms with van der Waals surface area (Å²) >= 11 is 0. The first-order chi connectivity index (χ1) is 8.58. The van der Waals surface area contributed by atoms with E-state index in [2.05, 4.69) is 4.98 Å². The second kappa shape index (κ2) is 4.62. The number of nitrogens with zero attached hydrogens (tertiary/aromatic N) is 2. The Morgan fingerprint density at radius 2 is 2.00 bits per heavy atom. The van der Waals surface area contributed by atoms with Gasteiger partial charge in [0.15, 0.2) is 0 Å². The lowest BCUT2D eigenvalue weighted by Crippen LogP contribution is -1.96. The smallest absolute Gasteiger partial charge is 0.363 e. The summed E-state index contributed by atoms with van der Waals surface area (Å²) in [4.78, 5) is 24.4. The molecule has 0 fully saturated rings. The van der Waals surface area contributed by atoms with E-state index in [4.69, 9.17) is 5.11 Å². The van der Waals surface area contributed by atoms with Crippen molar-refractivity contribution in [1.29, 1.82) is 0 Å². The summed E-state index contributed by atoms with van der Waals surface area (Å²) in [6.07, 6.45) is 1.35. The van der Waals surface area contributed by atoms with Crippen LogP contribution in [0, 0.1) is 10.1 Å². The highest BCUT2D eigenvalue weighted by Crippen LogP contribution is 2.21. The average Bonchev–Trinajstić information content (AvgIpc) is 2.39. The zero-order valence-electron chi connectivity index (χ0n) is 9.11. The number of aromatic carboxylic acids is 1. The fraction of sp³-hybridized carbons (Fsp3) is 0. The summed E-state index contributed by atoms with van der Waals surface area (Å²) in [7, 11) is 0. The molecule has 6 nitrogen and oxygen atoms in total. The molecule has 0 aliphatic carbocycles. The van der Waals surface area contributed by atoms with Gasteiger partial charge in [-0.1, -0.05) is 12.1 Å². The molecule has 1 N–H and O–H groups in total. The van der Waals surface area contributed by atoms with Crippen LogP contribution in [0.4, 0.5) is 5.82 Å². The van der Waals surface area contributed by atoms with Crippen LogP contribution in [-0.2, 0) is 0 Å². The molecule has 6 heteroatoms. The molecule has 1 aromatic heterocycles. The highest BCUT2D eigenvalue weighted by molar-refractivity contribution is 5.89. The van der Waals surface area contributed by atoms with Crippen molar-refractivity contribution >= 4 is 11.8 Å². The van der Waals surface area contributed by atoms with E-state index < -0.39 is 10.9 Å². The molecule has 18 heavy (non-hydrogen) atoms. The summed E-state index contributed by atoms with van der Waals surface area (Å²) in [6.45, 7) is 0. The zero-order valence-corrected chi connectivity index (χ0v) is 9.11. The van der Waals surface area contributed by atoms with Gasteiger partial charge in [-0.05, 0) is 33.7 Å². The number of carbonyl (C=O) groups is 1. The molecule has 2 rings (SSSR count). The SMILES string of the molecule is O=C(O)c1cccc(-c2ccc([N+](=O)[O-])nc2)c1. The molecule has 0 amide bonds. The number of carboxylic acids is 1. The Hall–Kier alpha value is -2.76. The molecule has 0 aliphatic rings. The Bertz CT molecular complexity index is 608. The summed E-state index contributed by atoms with van der Waals surface area (Å²) in [5, 5.41) is 19.3. The number of carboxylic acid groups (broad SMARTS) is 1. The van der Waals surface area contributed by atoms with Gasteiger partial charge in [-0.2, -0.15) is 0 Å². The molecule has 0 atom stereocenters. The lowest BCUT2D eigenvalue weighted by Gasteiger charge is -2.01. The van der Waals surface area contributed by atoms with Crippen LogP contribution < -0.4 is 0 Å². The molecule has 0 aliphatic heterocycles. The van der Waals surface area contributed by atoms with Crippen LogP contribution in [-0.4, -0.2) is 21.0 Å².